The molecule has 2 unspecified atom stereocenters. The number of hydrogen-bond donors (Lipinski definition) is 2. The van der Waals surface area contributed by atoms with Gasteiger partial charge in [-0.15, -0.1) is 0 Å². The third-order valence-electron chi connectivity index (χ3n) is 1.86. The van der Waals surface area contributed by atoms with E-state index in [0.29, 0.717) is 0 Å². The summed E-state index contributed by atoms with van der Waals surface area (Å²) >= 11 is 0. The summed E-state index contributed by atoms with van der Waals surface area (Å²) in [6, 6.07) is 0.0684. The monoisotopic (exact) mass is 249 g/mol. The Balaban J connectivity index is 3.81. The highest BCUT2D eigenvalue weighted by atomic mass is 32.2. The van der Waals surface area contributed by atoms with Crippen molar-refractivity contribution < 1.29 is 18.9 Å². The van der Waals surface area contributed by atoms with Gasteiger partial charge in [-0.2, -0.15) is 0 Å². The van der Waals surface area contributed by atoms with Crippen molar-refractivity contribution in [1.29, 1.82) is 0 Å². The third kappa shape index (κ3) is 7.39. The van der Waals surface area contributed by atoms with E-state index in [4.69, 9.17) is 5.11 Å². The Bertz CT molecular complexity index is 278. The standard InChI is InChI=1S/C10H19NO4S/c1-7(2)11-9(12)4-5-16(15)6-8(3)10(13)14/h7-8H,4-6H2,1-3H3,(H,11,12)(H,13,14). The molecule has 0 spiro atoms. The lowest BCUT2D eigenvalue weighted by Crippen LogP contribution is -2.31. The average Bonchev–Trinajstić information content (AvgIpc) is 2.13. The predicted octanol–water partition coefficient (Wildman–Crippen LogP) is 0.370. The highest BCUT2D eigenvalue weighted by Crippen LogP contribution is 2.00. The molecule has 2 N–H and O–H groups in total. The Morgan fingerprint density at radius 1 is 1.31 bits per heavy atom. The van der Waals surface area contributed by atoms with Gasteiger partial charge in [-0.25, -0.2) is 0 Å². The zero-order chi connectivity index (χ0) is 12.7. The second kappa shape index (κ2) is 7.38. The molecule has 5 nitrogen and oxygen atoms in total. The van der Waals surface area contributed by atoms with Crippen molar-refractivity contribution in [2.45, 2.75) is 33.2 Å². The highest BCUT2D eigenvalue weighted by molar-refractivity contribution is 7.85. The fourth-order valence-electron chi connectivity index (χ4n) is 1.03. The molecule has 1 amide bonds. The van der Waals surface area contributed by atoms with Gasteiger partial charge in [0, 0.05) is 34.8 Å². The molecule has 0 saturated heterocycles. The molecule has 0 saturated carbocycles. The van der Waals surface area contributed by atoms with Crippen LogP contribution in [0, 0.1) is 5.92 Å². The summed E-state index contributed by atoms with van der Waals surface area (Å²) in [4.78, 5) is 21.7. The molecule has 94 valence electrons. The van der Waals surface area contributed by atoms with Gasteiger partial charge in [-0.3, -0.25) is 13.8 Å². The first kappa shape index (κ1) is 15.1. The number of rotatable bonds is 7. The first-order valence-corrected chi connectivity index (χ1v) is 6.69. The Kier molecular flexibility index (Phi) is 6.96. The van der Waals surface area contributed by atoms with Crippen molar-refractivity contribution in [3.8, 4) is 0 Å². The zero-order valence-electron chi connectivity index (χ0n) is 9.86. The topological polar surface area (TPSA) is 83.5 Å². The largest absolute Gasteiger partial charge is 0.481 e. The molecule has 16 heavy (non-hydrogen) atoms. The maximum Gasteiger partial charge on any atom is 0.307 e. The summed E-state index contributed by atoms with van der Waals surface area (Å²) in [5.41, 5.74) is 0. The summed E-state index contributed by atoms with van der Waals surface area (Å²) in [6.07, 6.45) is 0.178. The fraction of sp³-hybridized carbons (Fsp3) is 0.800. The van der Waals surface area contributed by atoms with Gasteiger partial charge in [0.2, 0.25) is 5.91 Å². The molecule has 6 heteroatoms. The van der Waals surface area contributed by atoms with Crippen molar-refractivity contribution >= 4 is 22.7 Å². The molecular formula is C10H19NO4S. The average molecular weight is 249 g/mol. The molecule has 0 heterocycles. The van der Waals surface area contributed by atoms with Gasteiger partial charge in [0.05, 0.1) is 5.92 Å². The Morgan fingerprint density at radius 3 is 2.31 bits per heavy atom. The highest BCUT2D eigenvalue weighted by Gasteiger charge is 2.15. The van der Waals surface area contributed by atoms with Crippen LogP contribution in [0.25, 0.3) is 0 Å². The third-order valence-corrected chi connectivity index (χ3v) is 3.40. The van der Waals surface area contributed by atoms with Crippen LogP contribution >= 0.6 is 0 Å². The predicted molar refractivity (Wildman–Crippen MR) is 62.6 cm³/mol. The summed E-state index contributed by atoms with van der Waals surface area (Å²) in [5.74, 6) is -1.42. The van der Waals surface area contributed by atoms with Crippen LogP contribution in [0.15, 0.2) is 0 Å². The number of nitrogens with one attached hydrogen (secondary N) is 1. The first-order chi connectivity index (χ1) is 7.32. The Morgan fingerprint density at radius 2 is 1.88 bits per heavy atom. The Hall–Kier alpha value is -0.910. The van der Waals surface area contributed by atoms with Crippen LogP contribution in [0.2, 0.25) is 0 Å². The minimum atomic E-state index is -1.25. The van der Waals surface area contributed by atoms with Gasteiger partial charge in [-0.1, -0.05) is 6.92 Å². The van der Waals surface area contributed by atoms with E-state index in [-0.39, 0.29) is 29.9 Å². The molecule has 0 aliphatic carbocycles. The van der Waals surface area contributed by atoms with E-state index in [1.54, 1.807) is 0 Å². The quantitative estimate of drug-likeness (QED) is 0.683. The van der Waals surface area contributed by atoms with Gasteiger partial charge >= 0.3 is 5.97 Å². The van der Waals surface area contributed by atoms with Crippen LogP contribution in [-0.4, -0.2) is 38.7 Å². The molecule has 0 rings (SSSR count). The van der Waals surface area contributed by atoms with E-state index < -0.39 is 22.7 Å². The fourth-order valence-corrected chi connectivity index (χ4v) is 2.31. The number of amides is 1. The molecule has 0 aliphatic heterocycles. The lowest BCUT2D eigenvalue weighted by molar-refractivity contribution is -0.140. The van der Waals surface area contributed by atoms with Crippen molar-refractivity contribution in [3.63, 3.8) is 0 Å². The van der Waals surface area contributed by atoms with E-state index in [1.165, 1.54) is 6.92 Å². The second-order valence-electron chi connectivity index (χ2n) is 4.02. The summed E-state index contributed by atoms with van der Waals surface area (Å²) in [6.45, 7) is 5.21. The molecule has 0 radical (unpaired) electrons. The molecule has 0 aromatic rings. The Labute approximate surface area is 98.1 Å². The zero-order valence-corrected chi connectivity index (χ0v) is 10.7. The molecule has 0 aromatic heterocycles. The van der Waals surface area contributed by atoms with Crippen molar-refractivity contribution in [2.24, 2.45) is 5.92 Å². The van der Waals surface area contributed by atoms with Gasteiger partial charge in [0.25, 0.3) is 0 Å². The van der Waals surface area contributed by atoms with Crippen molar-refractivity contribution in [2.75, 3.05) is 11.5 Å². The molecule has 0 aromatic carbocycles. The maximum absolute atomic E-state index is 11.4. The van der Waals surface area contributed by atoms with Crippen molar-refractivity contribution in [1.82, 2.24) is 5.32 Å². The van der Waals surface area contributed by atoms with E-state index in [0.717, 1.165) is 0 Å². The summed E-state index contributed by atoms with van der Waals surface area (Å²) in [7, 11) is -1.25. The number of carbonyl (C=O) groups excluding carboxylic acids is 1. The number of carboxylic acids is 1. The lowest BCUT2D eigenvalue weighted by Gasteiger charge is -2.09. The molecule has 0 aliphatic rings. The van der Waals surface area contributed by atoms with Gasteiger partial charge in [-0.05, 0) is 13.8 Å². The minimum absolute atomic E-state index is 0.0684. The molecule has 0 fully saturated rings. The minimum Gasteiger partial charge on any atom is -0.481 e. The normalized spacial score (nSPS) is 14.5. The maximum atomic E-state index is 11.4. The van der Waals surface area contributed by atoms with Crippen molar-refractivity contribution in [3.05, 3.63) is 0 Å². The van der Waals surface area contributed by atoms with Crippen LogP contribution in [0.1, 0.15) is 27.2 Å². The molecule has 0 bridgehead atoms. The van der Waals surface area contributed by atoms with E-state index in [9.17, 15) is 13.8 Å². The van der Waals surface area contributed by atoms with E-state index in [1.807, 2.05) is 13.8 Å². The van der Waals surface area contributed by atoms with Crippen LogP contribution in [-0.2, 0) is 20.4 Å². The summed E-state index contributed by atoms with van der Waals surface area (Å²) in [5, 5.41) is 11.3. The van der Waals surface area contributed by atoms with Crippen LogP contribution in [0.5, 0.6) is 0 Å². The smallest absolute Gasteiger partial charge is 0.307 e. The molecule has 2 atom stereocenters. The van der Waals surface area contributed by atoms with E-state index in [2.05, 4.69) is 5.32 Å². The summed E-state index contributed by atoms with van der Waals surface area (Å²) < 4.78 is 11.4. The van der Waals surface area contributed by atoms with Crippen LogP contribution < -0.4 is 5.32 Å². The molecular weight excluding hydrogens is 230 g/mol. The van der Waals surface area contributed by atoms with E-state index >= 15 is 0 Å². The number of hydrogen-bond acceptors (Lipinski definition) is 3. The second-order valence-corrected chi connectivity index (χ2v) is 5.64. The number of aliphatic carboxylic acids is 1. The SMILES string of the molecule is CC(C)NC(=O)CCS(=O)CC(C)C(=O)O. The van der Waals surface area contributed by atoms with Gasteiger partial charge < -0.3 is 10.4 Å². The number of carboxylic acid groups (broad SMARTS) is 1. The van der Waals surface area contributed by atoms with Crippen LogP contribution in [0.4, 0.5) is 0 Å². The number of carbonyl (C=O) groups is 2. The lowest BCUT2D eigenvalue weighted by atomic mass is 10.2. The van der Waals surface area contributed by atoms with Gasteiger partial charge in [0.15, 0.2) is 0 Å². The first-order valence-electron chi connectivity index (χ1n) is 5.20. The van der Waals surface area contributed by atoms with Crippen LogP contribution in [0.3, 0.4) is 0 Å². The van der Waals surface area contributed by atoms with Gasteiger partial charge in [0.1, 0.15) is 0 Å².